The highest BCUT2D eigenvalue weighted by Gasteiger charge is 2.43. The minimum Gasteiger partial charge on any atom is -0.478 e. The predicted molar refractivity (Wildman–Crippen MR) is 154 cm³/mol. The van der Waals surface area contributed by atoms with Crippen molar-refractivity contribution in [2.75, 3.05) is 18.6 Å². The van der Waals surface area contributed by atoms with Crippen molar-refractivity contribution in [2.24, 2.45) is 0 Å². The lowest BCUT2D eigenvalue weighted by Crippen LogP contribution is -2.40. The summed E-state index contributed by atoms with van der Waals surface area (Å²) in [5, 5.41) is 10.7. The van der Waals surface area contributed by atoms with E-state index in [0.29, 0.717) is 21.6 Å². The number of hydrogen-bond acceptors (Lipinski definition) is 7. The summed E-state index contributed by atoms with van der Waals surface area (Å²) in [6, 6.07) is 21.5. The predicted octanol–water partition coefficient (Wildman–Crippen LogP) is 5.53. The SMILES string of the molecule is COC(=O)N(c1sc2c(c1C(=O)O)CC(CN1C(=O)c3ccccc3C1=O)OC2)C1c2ccccc2-c2ccccc21. The highest BCUT2D eigenvalue weighted by atomic mass is 32.1. The fraction of sp³-hybridized carbons (Fsp3) is 0.188. The van der Waals surface area contributed by atoms with Crippen molar-refractivity contribution >= 4 is 40.2 Å². The Morgan fingerprint density at radius 2 is 1.48 bits per heavy atom. The van der Waals surface area contributed by atoms with Crippen LogP contribution in [0.3, 0.4) is 0 Å². The Hall–Kier alpha value is -4.80. The lowest BCUT2D eigenvalue weighted by Gasteiger charge is -2.29. The number of carboxylic acid groups (broad SMARTS) is 1. The number of hydrogen-bond donors (Lipinski definition) is 1. The maximum absolute atomic E-state index is 13.5. The molecule has 0 fully saturated rings. The molecule has 0 saturated carbocycles. The van der Waals surface area contributed by atoms with E-state index in [4.69, 9.17) is 9.47 Å². The van der Waals surface area contributed by atoms with E-state index >= 15 is 0 Å². The monoisotopic (exact) mass is 580 g/mol. The number of ether oxygens (including phenoxy) is 2. The lowest BCUT2D eigenvalue weighted by atomic mass is 9.99. The molecule has 1 aliphatic carbocycles. The first kappa shape index (κ1) is 26.1. The van der Waals surface area contributed by atoms with E-state index < -0.39 is 36.0 Å². The van der Waals surface area contributed by atoms with Crippen LogP contribution in [0.4, 0.5) is 9.80 Å². The fourth-order valence-electron chi connectivity index (χ4n) is 6.24. The second kappa shape index (κ2) is 9.93. The van der Waals surface area contributed by atoms with Crippen LogP contribution < -0.4 is 4.90 Å². The van der Waals surface area contributed by atoms with E-state index in [1.54, 1.807) is 24.3 Å². The molecule has 3 aliphatic rings. The lowest BCUT2D eigenvalue weighted by molar-refractivity contribution is 0.00931. The zero-order chi connectivity index (χ0) is 29.1. The molecule has 3 heterocycles. The molecule has 3 aromatic carbocycles. The van der Waals surface area contributed by atoms with Gasteiger partial charge < -0.3 is 14.6 Å². The van der Waals surface area contributed by atoms with Gasteiger partial charge in [-0.1, -0.05) is 60.7 Å². The first-order chi connectivity index (χ1) is 20.4. The topological polar surface area (TPSA) is 113 Å². The Kier molecular flexibility index (Phi) is 6.18. The molecular formula is C32H24N2O7S. The van der Waals surface area contributed by atoms with Crippen molar-refractivity contribution in [1.29, 1.82) is 0 Å². The molecule has 210 valence electrons. The Bertz CT molecular complexity index is 1730. The molecule has 3 amide bonds. The van der Waals surface area contributed by atoms with Crippen molar-refractivity contribution < 1.29 is 33.8 Å². The number of aromatic carboxylic acids is 1. The second-order valence-corrected chi connectivity index (χ2v) is 11.4. The average Bonchev–Trinajstić information content (AvgIpc) is 3.62. The van der Waals surface area contributed by atoms with Crippen molar-refractivity contribution in [3.8, 4) is 11.1 Å². The van der Waals surface area contributed by atoms with Crippen molar-refractivity contribution in [2.45, 2.75) is 25.2 Å². The summed E-state index contributed by atoms with van der Waals surface area (Å²) in [6.07, 6.45) is -1.14. The number of rotatable bonds is 5. The third kappa shape index (κ3) is 3.87. The van der Waals surface area contributed by atoms with Gasteiger partial charge in [0.1, 0.15) is 5.00 Å². The van der Waals surface area contributed by atoms with Gasteiger partial charge >= 0.3 is 12.1 Å². The third-order valence-corrected chi connectivity index (χ3v) is 9.29. The summed E-state index contributed by atoms with van der Waals surface area (Å²) in [4.78, 5) is 55.5. The number of carbonyl (C=O) groups is 4. The quantitative estimate of drug-likeness (QED) is 0.309. The minimum absolute atomic E-state index is 0.00192. The van der Waals surface area contributed by atoms with Gasteiger partial charge in [0.15, 0.2) is 0 Å². The second-order valence-electron chi connectivity index (χ2n) is 10.3. The van der Waals surface area contributed by atoms with Gasteiger partial charge in [0.2, 0.25) is 0 Å². The highest BCUT2D eigenvalue weighted by molar-refractivity contribution is 7.17. The molecule has 0 spiro atoms. The van der Waals surface area contributed by atoms with E-state index in [1.807, 2.05) is 48.5 Å². The van der Waals surface area contributed by atoms with E-state index in [2.05, 4.69) is 0 Å². The number of amides is 3. The number of anilines is 1. The summed E-state index contributed by atoms with van der Waals surface area (Å²) in [5.41, 5.74) is 4.88. The van der Waals surface area contributed by atoms with E-state index in [9.17, 15) is 24.3 Å². The van der Waals surface area contributed by atoms with Gasteiger partial charge in [-0.2, -0.15) is 0 Å². The molecule has 1 N–H and O–H groups in total. The van der Waals surface area contributed by atoms with Gasteiger partial charge in [-0.25, -0.2) is 9.59 Å². The van der Waals surface area contributed by atoms with E-state index in [1.165, 1.54) is 23.3 Å². The first-order valence-electron chi connectivity index (χ1n) is 13.4. The summed E-state index contributed by atoms with van der Waals surface area (Å²) in [7, 11) is 1.28. The number of carbonyl (C=O) groups excluding carboxylic acids is 3. The molecule has 1 aromatic heterocycles. The molecule has 10 heteroatoms. The molecule has 2 aliphatic heterocycles. The van der Waals surface area contributed by atoms with Crippen LogP contribution in [0.25, 0.3) is 11.1 Å². The van der Waals surface area contributed by atoms with Crippen molar-refractivity contribution in [3.63, 3.8) is 0 Å². The van der Waals surface area contributed by atoms with Crippen molar-refractivity contribution in [3.05, 3.63) is 111 Å². The Balaban J connectivity index is 1.27. The summed E-state index contributed by atoms with van der Waals surface area (Å²) in [5.74, 6) is -1.98. The molecule has 1 unspecified atom stereocenters. The number of fused-ring (bicyclic) bond motifs is 5. The zero-order valence-corrected chi connectivity index (χ0v) is 23.2. The van der Waals surface area contributed by atoms with Crippen LogP contribution in [0.2, 0.25) is 0 Å². The number of carboxylic acids is 1. The summed E-state index contributed by atoms with van der Waals surface area (Å²) in [6.45, 7) is 0.0705. The molecule has 0 saturated heterocycles. The van der Waals surface area contributed by atoms with Gasteiger partial charge in [-0.3, -0.25) is 19.4 Å². The molecule has 9 nitrogen and oxygen atoms in total. The van der Waals surface area contributed by atoms with Crippen LogP contribution in [0.15, 0.2) is 72.8 Å². The highest BCUT2D eigenvalue weighted by Crippen LogP contribution is 2.51. The number of benzene rings is 3. The Labute approximate surface area is 244 Å². The summed E-state index contributed by atoms with van der Waals surface area (Å²) < 4.78 is 11.3. The van der Waals surface area contributed by atoms with Crippen LogP contribution in [0.5, 0.6) is 0 Å². The third-order valence-electron chi connectivity index (χ3n) is 8.08. The van der Waals surface area contributed by atoms with Gasteiger partial charge in [0, 0.05) is 11.3 Å². The maximum Gasteiger partial charge on any atom is 0.415 e. The minimum atomic E-state index is -1.18. The normalized spacial score (nSPS) is 17.0. The number of methoxy groups -OCH3 is 1. The van der Waals surface area contributed by atoms with Crippen LogP contribution in [0.1, 0.15) is 58.7 Å². The first-order valence-corrected chi connectivity index (χ1v) is 14.2. The van der Waals surface area contributed by atoms with Crippen LogP contribution in [-0.2, 0) is 22.5 Å². The zero-order valence-electron chi connectivity index (χ0n) is 22.4. The Morgan fingerprint density at radius 1 is 0.929 bits per heavy atom. The number of imide groups is 1. The molecule has 7 rings (SSSR count). The van der Waals surface area contributed by atoms with Gasteiger partial charge in [0.05, 0.1) is 49.1 Å². The largest absolute Gasteiger partial charge is 0.478 e. The Morgan fingerprint density at radius 3 is 2.02 bits per heavy atom. The molecule has 0 radical (unpaired) electrons. The molecule has 42 heavy (non-hydrogen) atoms. The molecule has 4 aromatic rings. The van der Waals surface area contributed by atoms with Gasteiger partial charge in [0.25, 0.3) is 11.8 Å². The molecule has 0 bridgehead atoms. The average molecular weight is 581 g/mol. The van der Waals surface area contributed by atoms with Crippen LogP contribution in [-0.4, -0.2) is 53.6 Å². The maximum atomic E-state index is 13.5. The summed E-state index contributed by atoms with van der Waals surface area (Å²) >= 11 is 1.19. The van der Waals surface area contributed by atoms with Crippen LogP contribution >= 0.6 is 11.3 Å². The fourth-order valence-corrected chi connectivity index (χ4v) is 7.50. The molecule has 1 atom stereocenters. The van der Waals surface area contributed by atoms with Gasteiger partial charge in [-0.15, -0.1) is 11.3 Å². The molecular weight excluding hydrogens is 556 g/mol. The van der Waals surface area contributed by atoms with E-state index in [-0.39, 0.29) is 30.1 Å². The van der Waals surface area contributed by atoms with Crippen LogP contribution in [0, 0.1) is 0 Å². The standard InChI is InChI=1S/C32H24N2O7S/c1-40-32(39)34(27-20-10-4-2-8-18(20)19-9-3-5-11-21(19)27)30-26(31(37)38)24-14-17(41-16-25(24)42-30)15-33-28(35)22-12-6-7-13-23(22)29(33)36/h2-13,17,27H,14-16H2,1H3,(H,37,38). The van der Waals surface area contributed by atoms with E-state index in [0.717, 1.165) is 27.2 Å². The number of nitrogens with zero attached hydrogens (tertiary/aromatic N) is 2. The van der Waals surface area contributed by atoms with Gasteiger partial charge in [-0.05, 0) is 39.9 Å². The van der Waals surface area contributed by atoms with Crippen molar-refractivity contribution in [1.82, 2.24) is 4.90 Å². The smallest absolute Gasteiger partial charge is 0.415 e. The number of thiophene rings is 1.